The fourth-order valence-corrected chi connectivity index (χ4v) is 4.30. The average Bonchev–Trinajstić information content (AvgIpc) is 3.20. The highest BCUT2D eigenvalue weighted by atomic mass is 19.4. The van der Waals surface area contributed by atoms with Gasteiger partial charge >= 0.3 is 6.18 Å². The molecule has 0 bridgehead atoms. The molecule has 0 spiro atoms. The van der Waals surface area contributed by atoms with Gasteiger partial charge in [0.05, 0.1) is 41.0 Å². The number of aromatic nitrogens is 4. The number of amides is 1. The van der Waals surface area contributed by atoms with Gasteiger partial charge in [0.1, 0.15) is 5.82 Å². The van der Waals surface area contributed by atoms with Crippen molar-refractivity contribution in [3.05, 3.63) is 59.2 Å². The number of anilines is 2. The Balaban J connectivity index is 1.45. The summed E-state index contributed by atoms with van der Waals surface area (Å²) in [6.45, 7) is 7.02. The van der Waals surface area contributed by atoms with E-state index >= 15 is 0 Å². The van der Waals surface area contributed by atoms with Crippen LogP contribution in [0.4, 0.5) is 24.7 Å². The summed E-state index contributed by atoms with van der Waals surface area (Å²) in [4.78, 5) is 23.4. The Labute approximate surface area is 200 Å². The first-order chi connectivity index (χ1) is 16.5. The Morgan fingerprint density at radius 1 is 1.14 bits per heavy atom. The second-order valence-corrected chi connectivity index (χ2v) is 8.84. The van der Waals surface area contributed by atoms with Crippen LogP contribution in [0.3, 0.4) is 0 Å². The molecule has 0 aromatic carbocycles. The van der Waals surface area contributed by atoms with Crippen molar-refractivity contribution >= 4 is 17.4 Å². The number of pyridine rings is 2. The van der Waals surface area contributed by atoms with E-state index in [9.17, 15) is 23.1 Å². The van der Waals surface area contributed by atoms with Gasteiger partial charge in [0.15, 0.2) is 5.82 Å². The number of rotatable bonds is 5. The lowest BCUT2D eigenvalue weighted by Crippen LogP contribution is -2.37. The van der Waals surface area contributed by atoms with Gasteiger partial charge in [0.2, 0.25) is 0 Å². The lowest BCUT2D eigenvalue weighted by Gasteiger charge is -2.34. The standard InChI is InChI=1S/C24H27F3N6O2/c1-14-10-19(12-29-22(14)32-8-6-17(7-9-32)16(3)34)31-23(35)20-13-30-33(15(20)2)21-5-4-18(11-28-21)24(25,26)27/h4-5,10-13,16-17,34H,6-9H2,1-3H3,(H,31,35). The van der Waals surface area contributed by atoms with Crippen LogP contribution in [0.2, 0.25) is 0 Å². The molecule has 0 aliphatic carbocycles. The highest BCUT2D eigenvalue weighted by molar-refractivity contribution is 6.05. The van der Waals surface area contributed by atoms with Gasteiger partial charge in [0.25, 0.3) is 5.91 Å². The molecule has 4 rings (SSSR count). The molecular formula is C24H27F3N6O2. The third-order valence-corrected chi connectivity index (χ3v) is 6.38. The van der Waals surface area contributed by atoms with Gasteiger partial charge in [-0.05, 0) is 63.3 Å². The molecule has 11 heteroatoms. The predicted octanol–water partition coefficient (Wildman–Crippen LogP) is 4.15. The minimum atomic E-state index is -4.48. The van der Waals surface area contributed by atoms with Crippen LogP contribution >= 0.6 is 0 Å². The van der Waals surface area contributed by atoms with Crippen molar-refractivity contribution in [3.8, 4) is 5.82 Å². The van der Waals surface area contributed by atoms with Crippen LogP contribution in [-0.4, -0.2) is 50.0 Å². The third-order valence-electron chi connectivity index (χ3n) is 6.38. The number of alkyl halides is 3. The Bertz CT molecular complexity index is 1200. The molecular weight excluding hydrogens is 461 g/mol. The van der Waals surface area contributed by atoms with E-state index < -0.39 is 17.6 Å². The minimum Gasteiger partial charge on any atom is -0.393 e. The largest absolute Gasteiger partial charge is 0.417 e. The topological polar surface area (TPSA) is 96.2 Å². The molecule has 186 valence electrons. The summed E-state index contributed by atoms with van der Waals surface area (Å²) in [5.41, 5.74) is 1.29. The molecule has 8 nitrogen and oxygen atoms in total. The summed E-state index contributed by atoms with van der Waals surface area (Å²) in [6.07, 6.45) is 0.683. The molecule has 3 aromatic heterocycles. The first-order valence-corrected chi connectivity index (χ1v) is 11.3. The second-order valence-electron chi connectivity index (χ2n) is 8.84. The van der Waals surface area contributed by atoms with E-state index in [1.165, 1.54) is 16.9 Å². The van der Waals surface area contributed by atoms with Gasteiger partial charge in [-0.15, -0.1) is 0 Å². The number of carbonyl (C=O) groups is 1. The molecule has 2 N–H and O–H groups in total. The van der Waals surface area contributed by atoms with Crippen molar-refractivity contribution in [3.63, 3.8) is 0 Å². The van der Waals surface area contributed by atoms with Crippen molar-refractivity contribution in [2.45, 2.75) is 45.9 Å². The molecule has 3 aromatic rings. The molecule has 1 aliphatic heterocycles. The zero-order valence-electron chi connectivity index (χ0n) is 19.7. The van der Waals surface area contributed by atoms with Crippen molar-refractivity contribution in [1.82, 2.24) is 19.7 Å². The summed E-state index contributed by atoms with van der Waals surface area (Å²) in [5.74, 6) is 0.916. The van der Waals surface area contributed by atoms with Gasteiger partial charge in [-0.2, -0.15) is 18.3 Å². The van der Waals surface area contributed by atoms with Crippen LogP contribution in [-0.2, 0) is 6.18 Å². The Morgan fingerprint density at radius 3 is 2.43 bits per heavy atom. The van der Waals surface area contributed by atoms with E-state index in [0.29, 0.717) is 17.3 Å². The normalized spacial score (nSPS) is 15.8. The van der Waals surface area contributed by atoms with E-state index in [4.69, 9.17) is 0 Å². The van der Waals surface area contributed by atoms with Crippen molar-refractivity contribution in [2.24, 2.45) is 5.92 Å². The number of nitrogens with one attached hydrogen (secondary N) is 1. The summed E-state index contributed by atoms with van der Waals surface area (Å²) >= 11 is 0. The highest BCUT2D eigenvalue weighted by Gasteiger charge is 2.31. The molecule has 1 atom stereocenters. The lowest BCUT2D eigenvalue weighted by molar-refractivity contribution is -0.137. The Hall–Kier alpha value is -3.47. The second kappa shape index (κ2) is 9.65. The number of halogens is 3. The Morgan fingerprint density at radius 2 is 1.86 bits per heavy atom. The summed E-state index contributed by atoms with van der Waals surface area (Å²) < 4.78 is 39.7. The fourth-order valence-electron chi connectivity index (χ4n) is 4.30. The van der Waals surface area contributed by atoms with Crippen molar-refractivity contribution < 1.29 is 23.1 Å². The van der Waals surface area contributed by atoms with Crippen LogP contribution in [0.1, 0.15) is 46.9 Å². The minimum absolute atomic E-state index is 0.177. The zero-order chi connectivity index (χ0) is 25.3. The zero-order valence-corrected chi connectivity index (χ0v) is 19.7. The first kappa shape index (κ1) is 24.6. The number of aliphatic hydroxyl groups excluding tert-OH is 1. The van der Waals surface area contributed by atoms with Crippen molar-refractivity contribution in [1.29, 1.82) is 0 Å². The summed E-state index contributed by atoms with van der Waals surface area (Å²) in [5, 5.41) is 16.7. The molecule has 4 heterocycles. The molecule has 1 amide bonds. The van der Waals surface area contributed by atoms with E-state index in [1.807, 2.05) is 19.9 Å². The molecule has 1 saturated heterocycles. The maximum absolute atomic E-state index is 12.9. The van der Waals surface area contributed by atoms with Crippen LogP contribution in [0, 0.1) is 19.8 Å². The van der Waals surface area contributed by atoms with Crippen LogP contribution in [0.5, 0.6) is 0 Å². The van der Waals surface area contributed by atoms with E-state index in [-0.39, 0.29) is 17.5 Å². The molecule has 0 saturated carbocycles. The molecule has 0 radical (unpaired) electrons. The van der Waals surface area contributed by atoms with E-state index in [0.717, 1.165) is 49.6 Å². The first-order valence-electron chi connectivity index (χ1n) is 11.3. The molecule has 35 heavy (non-hydrogen) atoms. The number of hydrogen-bond donors (Lipinski definition) is 2. The monoisotopic (exact) mass is 488 g/mol. The smallest absolute Gasteiger partial charge is 0.393 e. The fraction of sp³-hybridized carbons (Fsp3) is 0.417. The SMILES string of the molecule is Cc1cc(NC(=O)c2cnn(-c3ccc(C(F)(F)F)cn3)c2C)cnc1N1CCC(C(C)O)CC1. The van der Waals surface area contributed by atoms with Crippen LogP contribution in [0.25, 0.3) is 5.82 Å². The summed E-state index contributed by atoms with van der Waals surface area (Å²) in [6, 6.07) is 3.98. The number of aliphatic hydroxyl groups is 1. The highest BCUT2D eigenvalue weighted by Crippen LogP contribution is 2.29. The van der Waals surface area contributed by atoms with Crippen LogP contribution < -0.4 is 10.2 Å². The van der Waals surface area contributed by atoms with Gasteiger partial charge in [-0.1, -0.05) is 0 Å². The Kier molecular flexibility index (Phi) is 6.79. The maximum Gasteiger partial charge on any atom is 0.417 e. The molecule has 1 aliphatic rings. The number of piperidine rings is 1. The lowest BCUT2D eigenvalue weighted by atomic mass is 9.92. The number of carbonyl (C=O) groups excluding carboxylic acids is 1. The maximum atomic E-state index is 12.9. The average molecular weight is 489 g/mol. The van der Waals surface area contributed by atoms with E-state index in [1.54, 1.807) is 13.1 Å². The van der Waals surface area contributed by atoms with Gasteiger partial charge in [0, 0.05) is 19.3 Å². The van der Waals surface area contributed by atoms with E-state index in [2.05, 4.69) is 25.3 Å². The molecule has 1 unspecified atom stereocenters. The van der Waals surface area contributed by atoms with Crippen molar-refractivity contribution in [2.75, 3.05) is 23.3 Å². The van der Waals surface area contributed by atoms with Gasteiger partial charge < -0.3 is 15.3 Å². The number of aryl methyl sites for hydroxylation is 1. The summed E-state index contributed by atoms with van der Waals surface area (Å²) in [7, 11) is 0. The predicted molar refractivity (Wildman–Crippen MR) is 125 cm³/mol. The number of nitrogens with zero attached hydrogens (tertiary/aromatic N) is 5. The number of hydrogen-bond acceptors (Lipinski definition) is 6. The van der Waals surface area contributed by atoms with Gasteiger partial charge in [-0.3, -0.25) is 4.79 Å². The third kappa shape index (κ3) is 5.29. The quantitative estimate of drug-likeness (QED) is 0.560. The van der Waals surface area contributed by atoms with Gasteiger partial charge in [-0.25, -0.2) is 14.6 Å². The van der Waals surface area contributed by atoms with Crippen LogP contribution in [0.15, 0.2) is 36.8 Å². The molecule has 1 fully saturated rings.